The molecule has 38 heavy (non-hydrogen) atoms. The molecule has 2 fully saturated rings. The Hall–Kier alpha value is -4.06. The summed E-state index contributed by atoms with van der Waals surface area (Å²) in [7, 11) is 1.56. The monoisotopic (exact) mass is 576 g/mol. The number of hydrogen-bond donors (Lipinski definition) is 3. The van der Waals surface area contributed by atoms with E-state index in [4.69, 9.17) is 5.73 Å². The number of carbonyl (C=O) groups is 3. The van der Waals surface area contributed by atoms with Crippen LogP contribution in [-0.2, 0) is 16.1 Å². The lowest BCUT2D eigenvalue weighted by Crippen LogP contribution is -2.46. The maximum absolute atomic E-state index is 13.9. The SMILES string of the molecule is CNC(=O)c1ccc2c(c1)c1c(N)ncnc1n2CC(=O)N1[C@H](C(=O)Nc2cccc(Br)n2)C[C@@]2(C)C[C@@H]12. The lowest BCUT2D eigenvalue weighted by Gasteiger charge is -2.27. The third-order valence-corrected chi connectivity index (χ3v) is 8.09. The van der Waals surface area contributed by atoms with Crippen molar-refractivity contribution in [3.8, 4) is 0 Å². The summed E-state index contributed by atoms with van der Waals surface area (Å²) in [6.45, 7) is 2.07. The Morgan fingerprint density at radius 2 is 2.00 bits per heavy atom. The van der Waals surface area contributed by atoms with Gasteiger partial charge in [0.1, 0.15) is 40.8 Å². The highest BCUT2D eigenvalue weighted by Crippen LogP contribution is 2.59. The van der Waals surface area contributed by atoms with E-state index in [9.17, 15) is 14.4 Å². The number of rotatable bonds is 5. The molecule has 4 aromatic rings. The number of amides is 3. The lowest BCUT2D eigenvalue weighted by atomic mass is 10.0. The Bertz CT molecular complexity index is 1650. The van der Waals surface area contributed by atoms with Crippen molar-refractivity contribution in [2.75, 3.05) is 18.1 Å². The minimum absolute atomic E-state index is 0.00569. The molecular formula is C26H25BrN8O3. The van der Waals surface area contributed by atoms with E-state index in [-0.39, 0.29) is 41.5 Å². The molecule has 1 saturated carbocycles. The number of nitrogens with zero attached hydrogens (tertiary/aromatic N) is 5. The minimum atomic E-state index is -0.611. The van der Waals surface area contributed by atoms with Crippen LogP contribution in [0, 0.1) is 5.41 Å². The first-order valence-corrected chi connectivity index (χ1v) is 13.0. The van der Waals surface area contributed by atoms with E-state index in [0.717, 1.165) is 6.42 Å². The van der Waals surface area contributed by atoms with Crippen LogP contribution in [0.1, 0.15) is 30.1 Å². The third kappa shape index (κ3) is 3.87. The van der Waals surface area contributed by atoms with Gasteiger partial charge in [0.15, 0.2) is 0 Å². The molecule has 1 aliphatic carbocycles. The van der Waals surface area contributed by atoms with Gasteiger partial charge in [-0.1, -0.05) is 13.0 Å². The van der Waals surface area contributed by atoms with E-state index in [1.807, 2.05) is 0 Å². The number of anilines is 2. The van der Waals surface area contributed by atoms with Crippen molar-refractivity contribution in [1.82, 2.24) is 29.7 Å². The topological polar surface area (TPSA) is 148 Å². The number of piperidine rings is 1. The summed E-state index contributed by atoms with van der Waals surface area (Å²) >= 11 is 3.32. The van der Waals surface area contributed by atoms with Gasteiger partial charge in [0.05, 0.1) is 10.9 Å². The number of halogens is 1. The normalized spacial score (nSPS) is 21.9. The molecule has 3 aromatic heterocycles. The first kappa shape index (κ1) is 24.3. The average Bonchev–Trinajstić information content (AvgIpc) is 3.30. The first-order valence-electron chi connectivity index (χ1n) is 12.2. The van der Waals surface area contributed by atoms with E-state index in [1.165, 1.54) is 6.33 Å². The van der Waals surface area contributed by atoms with E-state index >= 15 is 0 Å². The quantitative estimate of drug-likeness (QED) is 0.309. The highest BCUT2D eigenvalue weighted by atomic mass is 79.9. The highest BCUT2D eigenvalue weighted by molar-refractivity contribution is 9.10. The molecule has 0 unspecified atom stereocenters. The molecule has 11 nitrogen and oxygen atoms in total. The van der Waals surface area contributed by atoms with Crippen molar-refractivity contribution in [1.29, 1.82) is 0 Å². The van der Waals surface area contributed by atoms with Gasteiger partial charge in [-0.2, -0.15) is 0 Å². The molecule has 2 aliphatic rings. The summed E-state index contributed by atoms with van der Waals surface area (Å²) in [4.78, 5) is 54.0. The van der Waals surface area contributed by atoms with Gasteiger partial charge in [-0.3, -0.25) is 14.4 Å². The number of pyridine rings is 1. The van der Waals surface area contributed by atoms with E-state index < -0.39 is 6.04 Å². The molecule has 194 valence electrons. The number of fused-ring (bicyclic) bond motifs is 4. The molecule has 6 rings (SSSR count). The summed E-state index contributed by atoms with van der Waals surface area (Å²) in [5.74, 6) is -0.0107. The molecule has 3 amide bonds. The highest BCUT2D eigenvalue weighted by Gasteiger charge is 2.64. The Kier molecular flexibility index (Phi) is 5.60. The van der Waals surface area contributed by atoms with Crippen LogP contribution >= 0.6 is 15.9 Å². The first-order chi connectivity index (χ1) is 18.2. The summed E-state index contributed by atoms with van der Waals surface area (Å²) in [5, 5.41) is 6.74. The molecule has 1 saturated heterocycles. The molecule has 12 heteroatoms. The minimum Gasteiger partial charge on any atom is -0.383 e. The van der Waals surface area contributed by atoms with Crippen molar-refractivity contribution in [3.63, 3.8) is 0 Å². The summed E-state index contributed by atoms with van der Waals surface area (Å²) in [6.07, 6.45) is 2.79. The van der Waals surface area contributed by atoms with Crippen molar-refractivity contribution in [3.05, 3.63) is 52.9 Å². The van der Waals surface area contributed by atoms with Crippen LogP contribution in [0.4, 0.5) is 11.6 Å². The van der Waals surface area contributed by atoms with Gasteiger partial charge in [0, 0.05) is 24.0 Å². The fourth-order valence-electron chi connectivity index (χ4n) is 5.65. The van der Waals surface area contributed by atoms with E-state index in [0.29, 0.717) is 44.3 Å². The zero-order chi connectivity index (χ0) is 26.8. The van der Waals surface area contributed by atoms with Gasteiger partial charge in [-0.25, -0.2) is 15.0 Å². The number of nitrogen functional groups attached to an aromatic ring is 1. The van der Waals surface area contributed by atoms with Gasteiger partial charge < -0.3 is 25.8 Å². The number of carbonyl (C=O) groups excluding carboxylic acids is 3. The molecular weight excluding hydrogens is 552 g/mol. The van der Waals surface area contributed by atoms with Crippen molar-refractivity contribution >= 4 is 67.2 Å². The molecule has 0 bridgehead atoms. The number of aromatic nitrogens is 4. The average molecular weight is 577 g/mol. The number of nitrogens with one attached hydrogen (secondary N) is 2. The molecule has 3 atom stereocenters. The van der Waals surface area contributed by atoms with Crippen LogP contribution in [0.2, 0.25) is 0 Å². The second kappa shape index (κ2) is 8.76. The van der Waals surface area contributed by atoms with Crippen LogP contribution in [0.15, 0.2) is 47.3 Å². The maximum Gasteiger partial charge on any atom is 0.251 e. The van der Waals surface area contributed by atoms with Crippen molar-refractivity contribution in [2.24, 2.45) is 5.41 Å². The van der Waals surface area contributed by atoms with Gasteiger partial charge in [-0.05, 0) is 64.5 Å². The largest absolute Gasteiger partial charge is 0.383 e. The van der Waals surface area contributed by atoms with E-state index in [1.54, 1.807) is 52.9 Å². The Morgan fingerprint density at radius 1 is 1.18 bits per heavy atom. The lowest BCUT2D eigenvalue weighted by molar-refractivity contribution is -0.138. The standard InChI is InChI=1S/C26H25BrN8O3/c1-26-9-16(25(38)33-19-5-3-4-18(27)32-19)35(17(26)10-26)20(36)11-34-15-7-6-13(24(37)29-2)8-14(15)21-22(28)30-12-31-23(21)34/h3-8,12,16-17H,9-11H2,1-2H3,(H,29,37)(H2,28,30,31)(H,32,33,38)/t16-,17+,26-/m0/s1. The second-order valence-electron chi connectivity index (χ2n) is 10.1. The Labute approximate surface area is 225 Å². The molecule has 0 radical (unpaired) electrons. The molecule has 4 heterocycles. The molecule has 0 spiro atoms. The van der Waals surface area contributed by atoms with Gasteiger partial charge in [0.25, 0.3) is 5.91 Å². The Balaban J connectivity index is 1.35. The van der Waals surface area contributed by atoms with Crippen LogP contribution in [0.25, 0.3) is 21.9 Å². The maximum atomic E-state index is 13.9. The van der Waals surface area contributed by atoms with Crippen LogP contribution < -0.4 is 16.4 Å². The number of nitrogens with two attached hydrogens (primary N) is 1. The van der Waals surface area contributed by atoms with Crippen LogP contribution in [0.3, 0.4) is 0 Å². The van der Waals surface area contributed by atoms with Crippen LogP contribution in [0.5, 0.6) is 0 Å². The smallest absolute Gasteiger partial charge is 0.251 e. The van der Waals surface area contributed by atoms with Gasteiger partial charge in [0.2, 0.25) is 11.8 Å². The second-order valence-corrected chi connectivity index (χ2v) is 10.9. The number of hydrogen-bond acceptors (Lipinski definition) is 7. The summed E-state index contributed by atoms with van der Waals surface area (Å²) in [5.41, 5.74) is 7.78. The molecule has 4 N–H and O–H groups in total. The molecule has 1 aromatic carbocycles. The van der Waals surface area contributed by atoms with E-state index in [2.05, 4.69) is 48.4 Å². The third-order valence-electron chi connectivity index (χ3n) is 7.64. The summed E-state index contributed by atoms with van der Waals surface area (Å²) in [6, 6.07) is 9.86. The zero-order valence-electron chi connectivity index (χ0n) is 20.7. The van der Waals surface area contributed by atoms with Crippen LogP contribution in [-0.4, -0.2) is 61.3 Å². The Morgan fingerprint density at radius 3 is 2.76 bits per heavy atom. The number of benzene rings is 1. The van der Waals surface area contributed by atoms with Gasteiger partial charge >= 0.3 is 0 Å². The van der Waals surface area contributed by atoms with Gasteiger partial charge in [-0.15, -0.1) is 0 Å². The molecule has 1 aliphatic heterocycles. The fourth-order valence-corrected chi connectivity index (χ4v) is 5.99. The fraction of sp³-hybridized carbons (Fsp3) is 0.308. The summed E-state index contributed by atoms with van der Waals surface area (Å²) < 4.78 is 2.39. The number of likely N-dealkylation sites (tertiary alicyclic amines) is 1. The predicted molar refractivity (Wildman–Crippen MR) is 145 cm³/mol. The van der Waals surface area contributed by atoms with Crippen molar-refractivity contribution < 1.29 is 14.4 Å². The zero-order valence-corrected chi connectivity index (χ0v) is 22.3. The predicted octanol–water partition coefficient (Wildman–Crippen LogP) is 2.70. The van der Waals surface area contributed by atoms with Crippen molar-refractivity contribution in [2.45, 2.75) is 38.4 Å².